The summed E-state index contributed by atoms with van der Waals surface area (Å²) < 4.78 is 0. The number of hydrogen-bond acceptors (Lipinski definition) is 4. The maximum absolute atomic E-state index is 11.7. The van der Waals surface area contributed by atoms with E-state index in [9.17, 15) is 4.79 Å². The van der Waals surface area contributed by atoms with Gasteiger partial charge in [0.05, 0.1) is 6.54 Å². The number of amides is 1. The summed E-state index contributed by atoms with van der Waals surface area (Å²) in [5.74, 6) is 0.191. The monoisotopic (exact) mass is 283 g/mol. The Morgan fingerprint density at radius 3 is 2.50 bits per heavy atom. The molecule has 1 heterocycles. The number of carbonyl (C=O) groups excluding carboxylic acids is 1. The largest absolute Gasteiger partial charge is 0.396 e. The lowest BCUT2D eigenvalue weighted by atomic mass is 10.00. The second-order valence-electron chi connectivity index (χ2n) is 6.69. The molecular formula is C15H29N3O2. The van der Waals surface area contributed by atoms with Gasteiger partial charge in [-0.25, -0.2) is 0 Å². The average molecular weight is 283 g/mol. The maximum atomic E-state index is 11.7. The van der Waals surface area contributed by atoms with Crippen LogP contribution in [-0.4, -0.2) is 73.7 Å². The summed E-state index contributed by atoms with van der Waals surface area (Å²) in [6.45, 7) is 3.92. The van der Waals surface area contributed by atoms with Gasteiger partial charge in [-0.15, -0.1) is 0 Å². The molecule has 1 aliphatic heterocycles. The molecule has 5 nitrogen and oxygen atoms in total. The van der Waals surface area contributed by atoms with Crippen LogP contribution in [0.4, 0.5) is 0 Å². The van der Waals surface area contributed by atoms with Gasteiger partial charge in [-0.1, -0.05) is 0 Å². The van der Waals surface area contributed by atoms with Crippen molar-refractivity contribution in [3.8, 4) is 0 Å². The standard InChI is InChI=1S/C15H29N3O2/c1-17(2)14(20)11-18-8-3-13(4-9-18)16-12-15(5-6-15)7-10-19/h13,16,19H,3-12H2,1-2H3. The predicted octanol–water partition coefficient (Wildman–Crippen LogP) is 0.291. The minimum Gasteiger partial charge on any atom is -0.396 e. The van der Waals surface area contributed by atoms with Gasteiger partial charge in [-0.05, 0) is 37.5 Å². The van der Waals surface area contributed by atoms with E-state index >= 15 is 0 Å². The molecule has 2 N–H and O–H groups in total. The first kappa shape index (κ1) is 15.7. The first-order valence-corrected chi connectivity index (χ1v) is 7.81. The van der Waals surface area contributed by atoms with Crippen LogP contribution in [0.2, 0.25) is 0 Å². The molecule has 0 aromatic carbocycles. The zero-order valence-corrected chi connectivity index (χ0v) is 12.9. The van der Waals surface area contributed by atoms with Gasteiger partial charge in [-0.3, -0.25) is 9.69 Å². The van der Waals surface area contributed by atoms with Crippen LogP contribution in [0.3, 0.4) is 0 Å². The van der Waals surface area contributed by atoms with Crippen LogP contribution in [0.15, 0.2) is 0 Å². The van der Waals surface area contributed by atoms with Crippen molar-refractivity contribution in [2.45, 2.75) is 38.1 Å². The zero-order valence-electron chi connectivity index (χ0n) is 12.9. The molecule has 1 aliphatic carbocycles. The van der Waals surface area contributed by atoms with Crippen molar-refractivity contribution in [3.05, 3.63) is 0 Å². The number of carbonyl (C=O) groups is 1. The van der Waals surface area contributed by atoms with Crippen LogP contribution in [-0.2, 0) is 4.79 Å². The minimum atomic E-state index is 0.191. The molecule has 0 aromatic rings. The van der Waals surface area contributed by atoms with E-state index in [4.69, 9.17) is 5.11 Å². The molecule has 0 aromatic heterocycles. The Balaban J connectivity index is 1.63. The fourth-order valence-electron chi connectivity index (χ4n) is 2.92. The topological polar surface area (TPSA) is 55.8 Å². The molecule has 2 fully saturated rings. The Morgan fingerprint density at radius 2 is 2.00 bits per heavy atom. The SMILES string of the molecule is CN(C)C(=O)CN1CCC(NCC2(CCO)CC2)CC1. The van der Waals surface area contributed by atoms with Gasteiger partial charge in [0.2, 0.25) is 5.91 Å². The van der Waals surface area contributed by atoms with Gasteiger partial charge in [0.1, 0.15) is 0 Å². The summed E-state index contributed by atoms with van der Waals surface area (Å²) in [6.07, 6.45) is 5.70. The molecule has 0 bridgehead atoms. The van der Waals surface area contributed by atoms with Gasteiger partial charge in [0, 0.05) is 46.4 Å². The quantitative estimate of drug-likeness (QED) is 0.705. The number of hydrogen-bond donors (Lipinski definition) is 2. The second kappa shape index (κ2) is 6.87. The Kier molecular flexibility index (Phi) is 5.41. The smallest absolute Gasteiger partial charge is 0.236 e. The van der Waals surface area contributed by atoms with Crippen LogP contribution in [0.25, 0.3) is 0 Å². The normalized spacial score (nSPS) is 22.8. The molecule has 0 unspecified atom stereocenters. The van der Waals surface area contributed by atoms with Crippen molar-refractivity contribution in [2.75, 3.05) is 46.9 Å². The van der Waals surface area contributed by atoms with Gasteiger partial charge in [-0.2, -0.15) is 0 Å². The van der Waals surface area contributed by atoms with E-state index in [-0.39, 0.29) is 5.91 Å². The van der Waals surface area contributed by atoms with E-state index in [0.29, 0.717) is 24.6 Å². The van der Waals surface area contributed by atoms with Crippen LogP contribution in [0, 0.1) is 5.41 Å². The summed E-state index contributed by atoms with van der Waals surface area (Å²) >= 11 is 0. The first-order chi connectivity index (χ1) is 9.54. The third-order valence-corrected chi connectivity index (χ3v) is 4.81. The number of nitrogens with zero attached hydrogens (tertiary/aromatic N) is 2. The number of likely N-dealkylation sites (N-methyl/N-ethyl adjacent to an activating group) is 1. The average Bonchev–Trinajstić information content (AvgIpc) is 3.18. The fourth-order valence-corrected chi connectivity index (χ4v) is 2.92. The van der Waals surface area contributed by atoms with Crippen molar-refractivity contribution in [3.63, 3.8) is 0 Å². The molecule has 1 amide bonds. The molecular weight excluding hydrogens is 254 g/mol. The zero-order chi connectivity index (χ0) is 14.6. The molecule has 1 saturated heterocycles. The molecule has 1 saturated carbocycles. The van der Waals surface area contributed by atoms with Crippen LogP contribution in [0.5, 0.6) is 0 Å². The van der Waals surface area contributed by atoms with E-state index in [2.05, 4.69) is 10.2 Å². The van der Waals surface area contributed by atoms with E-state index < -0.39 is 0 Å². The lowest BCUT2D eigenvalue weighted by Gasteiger charge is -2.33. The summed E-state index contributed by atoms with van der Waals surface area (Å²) in [5.41, 5.74) is 0.396. The number of aliphatic hydroxyl groups excluding tert-OH is 1. The summed E-state index contributed by atoms with van der Waals surface area (Å²) in [7, 11) is 3.62. The van der Waals surface area contributed by atoms with Crippen molar-refractivity contribution in [1.82, 2.24) is 15.1 Å². The Labute approximate surface area is 122 Å². The molecule has 116 valence electrons. The molecule has 0 radical (unpaired) electrons. The van der Waals surface area contributed by atoms with E-state index in [1.54, 1.807) is 4.90 Å². The molecule has 5 heteroatoms. The Morgan fingerprint density at radius 1 is 1.35 bits per heavy atom. The van der Waals surface area contributed by atoms with E-state index in [0.717, 1.165) is 38.9 Å². The van der Waals surface area contributed by atoms with Crippen LogP contribution >= 0.6 is 0 Å². The molecule has 2 aliphatic rings. The van der Waals surface area contributed by atoms with E-state index in [1.165, 1.54) is 12.8 Å². The molecule has 20 heavy (non-hydrogen) atoms. The number of nitrogens with one attached hydrogen (secondary N) is 1. The first-order valence-electron chi connectivity index (χ1n) is 7.81. The predicted molar refractivity (Wildman–Crippen MR) is 79.5 cm³/mol. The second-order valence-corrected chi connectivity index (χ2v) is 6.69. The highest BCUT2D eigenvalue weighted by molar-refractivity contribution is 5.77. The molecule has 2 rings (SSSR count). The third kappa shape index (κ3) is 4.43. The number of aliphatic hydroxyl groups is 1. The van der Waals surface area contributed by atoms with Gasteiger partial charge >= 0.3 is 0 Å². The molecule has 0 atom stereocenters. The number of rotatable bonds is 7. The summed E-state index contributed by atoms with van der Waals surface area (Å²) in [4.78, 5) is 15.6. The van der Waals surface area contributed by atoms with Gasteiger partial charge in [0.15, 0.2) is 0 Å². The lowest BCUT2D eigenvalue weighted by molar-refractivity contribution is -0.130. The number of likely N-dealkylation sites (tertiary alicyclic amines) is 1. The fraction of sp³-hybridized carbons (Fsp3) is 0.933. The van der Waals surface area contributed by atoms with Crippen molar-refractivity contribution >= 4 is 5.91 Å². The van der Waals surface area contributed by atoms with Crippen molar-refractivity contribution in [1.29, 1.82) is 0 Å². The van der Waals surface area contributed by atoms with Crippen molar-refractivity contribution < 1.29 is 9.90 Å². The minimum absolute atomic E-state index is 0.191. The Bertz CT molecular complexity index is 321. The third-order valence-electron chi connectivity index (χ3n) is 4.81. The van der Waals surface area contributed by atoms with E-state index in [1.807, 2.05) is 14.1 Å². The number of piperidine rings is 1. The van der Waals surface area contributed by atoms with Crippen LogP contribution < -0.4 is 5.32 Å². The van der Waals surface area contributed by atoms with Gasteiger partial charge < -0.3 is 15.3 Å². The molecule has 0 spiro atoms. The lowest BCUT2D eigenvalue weighted by Crippen LogP contribution is -2.46. The highest BCUT2D eigenvalue weighted by Crippen LogP contribution is 2.48. The highest BCUT2D eigenvalue weighted by Gasteiger charge is 2.41. The van der Waals surface area contributed by atoms with Crippen LogP contribution in [0.1, 0.15) is 32.1 Å². The summed E-state index contributed by atoms with van der Waals surface area (Å²) in [5, 5.41) is 12.7. The highest BCUT2D eigenvalue weighted by atomic mass is 16.3. The summed E-state index contributed by atoms with van der Waals surface area (Å²) in [6, 6.07) is 0.580. The van der Waals surface area contributed by atoms with Gasteiger partial charge in [0.25, 0.3) is 0 Å². The van der Waals surface area contributed by atoms with Crippen molar-refractivity contribution in [2.24, 2.45) is 5.41 Å². The maximum Gasteiger partial charge on any atom is 0.236 e. The Hall–Kier alpha value is -0.650.